The highest BCUT2D eigenvalue weighted by Gasteiger charge is 2.14. The van der Waals surface area contributed by atoms with E-state index in [-0.39, 0.29) is 16.5 Å². The minimum absolute atomic E-state index is 0.0972. The molecule has 0 aliphatic heterocycles. The third kappa shape index (κ3) is 3.65. The summed E-state index contributed by atoms with van der Waals surface area (Å²) < 4.78 is 0.611. The zero-order valence-electron chi connectivity index (χ0n) is 11.1. The van der Waals surface area contributed by atoms with Crippen LogP contribution >= 0.6 is 27.5 Å². The molecular weight excluding hydrogens is 360 g/mol. The van der Waals surface area contributed by atoms with Crippen LogP contribution in [0.15, 0.2) is 34.8 Å². The first-order chi connectivity index (χ1) is 9.88. The first kappa shape index (κ1) is 15.6. The number of anilines is 1. The summed E-state index contributed by atoms with van der Waals surface area (Å²) in [5.74, 6) is 0.174. The quantitative estimate of drug-likeness (QED) is 0.606. The van der Waals surface area contributed by atoms with Gasteiger partial charge in [-0.1, -0.05) is 17.7 Å². The standard InChI is InChI=1S/C14H12BrClN2O3/c1-8-4-13(18(20)21)11(16)6-12(8)17-7-9-2-3-14(19)10(15)5-9/h2-6,17,19H,7H2,1H3. The van der Waals surface area contributed by atoms with Gasteiger partial charge in [0.2, 0.25) is 0 Å². The number of nitro groups is 1. The third-order valence-corrected chi connectivity index (χ3v) is 3.92. The van der Waals surface area contributed by atoms with Gasteiger partial charge in [0, 0.05) is 18.3 Å². The number of aryl methyl sites for hydroxylation is 1. The van der Waals surface area contributed by atoms with Crippen LogP contribution in [0.2, 0.25) is 5.02 Å². The fraction of sp³-hybridized carbons (Fsp3) is 0.143. The Kier molecular flexibility index (Phi) is 4.69. The lowest BCUT2D eigenvalue weighted by atomic mass is 10.1. The lowest BCUT2D eigenvalue weighted by molar-refractivity contribution is -0.384. The average molecular weight is 372 g/mol. The van der Waals surface area contributed by atoms with Crippen LogP contribution in [0.25, 0.3) is 0 Å². The number of aromatic hydroxyl groups is 1. The van der Waals surface area contributed by atoms with Crippen LogP contribution in [0.1, 0.15) is 11.1 Å². The van der Waals surface area contributed by atoms with Gasteiger partial charge in [-0.15, -0.1) is 0 Å². The van der Waals surface area contributed by atoms with Gasteiger partial charge in [0.25, 0.3) is 5.69 Å². The van der Waals surface area contributed by atoms with Crippen molar-refractivity contribution >= 4 is 38.9 Å². The van der Waals surface area contributed by atoms with E-state index in [2.05, 4.69) is 21.2 Å². The lowest BCUT2D eigenvalue weighted by Crippen LogP contribution is -2.02. The second-order valence-corrected chi connectivity index (χ2v) is 5.78. The molecule has 0 heterocycles. The number of nitrogens with zero attached hydrogens (tertiary/aromatic N) is 1. The molecule has 0 bridgehead atoms. The smallest absolute Gasteiger partial charge is 0.288 e. The van der Waals surface area contributed by atoms with E-state index >= 15 is 0 Å². The molecule has 110 valence electrons. The summed E-state index contributed by atoms with van der Waals surface area (Å²) in [6, 6.07) is 8.17. The van der Waals surface area contributed by atoms with Crippen molar-refractivity contribution in [1.82, 2.24) is 0 Å². The Hall–Kier alpha value is -1.79. The van der Waals surface area contributed by atoms with Gasteiger partial charge in [-0.2, -0.15) is 0 Å². The van der Waals surface area contributed by atoms with E-state index in [1.54, 1.807) is 31.2 Å². The molecule has 0 saturated heterocycles. The van der Waals surface area contributed by atoms with Gasteiger partial charge in [0.05, 0.1) is 9.40 Å². The first-order valence-corrected chi connectivity index (χ1v) is 7.21. The Bertz CT molecular complexity index is 707. The van der Waals surface area contributed by atoms with Crippen LogP contribution in [0.3, 0.4) is 0 Å². The number of phenolic OH excluding ortho intramolecular Hbond substituents is 1. The molecule has 0 aliphatic rings. The highest BCUT2D eigenvalue weighted by atomic mass is 79.9. The molecule has 0 amide bonds. The van der Waals surface area contributed by atoms with Crippen molar-refractivity contribution in [3.05, 3.63) is 61.1 Å². The Morgan fingerprint density at radius 2 is 2.10 bits per heavy atom. The van der Waals surface area contributed by atoms with Crippen molar-refractivity contribution in [3.8, 4) is 5.75 Å². The van der Waals surface area contributed by atoms with Crippen molar-refractivity contribution in [2.24, 2.45) is 0 Å². The van der Waals surface area contributed by atoms with Crippen LogP contribution in [-0.4, -0.2) is 10.0 Å². The number of halogens is 2. The van der Waals surface area contributed by atoms with E-state index < -0.39 is 4.92 Å². The highest BCUT2D eigenvalue weighted by molar-refractivity contribution is 9.10. The minimum atomic E-state index is -0.504. The van der Waals surface area contributed by atoms with Crippen LogP contribution in [0, 0.1) is 17.0 Å². The number of nitro benzene ring substituents is 1. The molecular formula is C14H12BrClN2O3. The Balaban J connectivity index is 2.18. The monoisotopic (exact) mass is 370 g/mol. The topological polar surface area (TPSA) is 75.4 Å². The van der Waals surface area contributed by atoms with Gasteiger partial charge >= 0.3 is 0 Å². The molecule has 0 aromatic heterocycles. The van der Waals surface area contributed by atoms with Gasteiger partial charge < -0.3 is 10.4 Å². The van der Waals surface area contributed by atoms with Crippen molar-refractivity contribution in [1.29, 1.82) is 0 Å². The Morgan fingerprint density at radius 3 is 2.71 bits per heavy atom. The molecule has 2 aromatic carbocycles. The average Bonchev–Trinajstić information content (AvgIpc) is 2.42. The summed E-state index contributed by atoms with van der Waals surface area (Å²) in [7, 11) is 0. The molecule has 5 nitrogen and oxygen atoms in total. The maximum absolute atomic E-state index is 10.8. The molecule has 2 aromatic rings. The Morgan fingerprint density at radius 1 is 1.38 bits per heavy atom. The van der Waals surface area contributed by atoms with Crippen LogP contribution < -0.4 is 5.32 Å². The van der Waals surface area contributed by atoms with Crippen molar-refractivity contribution < 1.29 is 10.0 Å². The molecule has 0 saturated carbocycles. The number of phenols is 1. The van der Waals surface area contributed by atoms with Gasteiger partial charge in [-0.25, -0.2) is 0 Å². The van der Waals surface area contributed by atoms with Crippen LogP contribution in [0.4, 0.5) is 11.4 Å². The van der Waals surface area contributed by atoms with Gasteiger partial charge in [0.1, 0.15) is 10.8 Å². The van der Waals surface area contributed by atoms with Crippen molar-refractivity contribution in [2.45, 2.75) is 13.5 Å². The van der Waals surface area contributed by atoms with E-state index in [9.17, 15) is 15.2 Å². The molecule has 2 N–H and O–H groups in total. The predicted molar refractivity (Wildman–Crippen MR) is 86.0 cm³/mol. The second kappa shape index (κ2) is 6.32. The van der Waals surface area contributed by atoms with E-state index in [4.69, 9.17) is 11.6 Å². The number of hydrogen-bond acceptors (Lipinski definition) is 4. The van der Waals surface area contributed by atoms with E-state index in [1.165, 1.54) is 6.07 Å². The highest BCUT2D eigenvalue weighted by Crippen LogP contribution is 2.31. The fourth-order valence-electron chi connectivity index (χ4n) is 1.85. The normalized spacial score (nSPS) is 10.4. The van der Waals surface area contributed by atoms with Gasteiger partial charge in [-0.3, -0.25) is 10.1 Å². The SMILES string of the molecule is Cc1cc([N+](=O)[O-])c(Cl)cc1NCc1ccc(O)c(Br)c1. The Labute approximate surface area is 134 Å². The van der Waals surface area contributed by atoms with Gasteiger partial charge in [0.15, 0.2) is 0 Å². The summed E-state index contributed by atoms with van der Waals surface area (Å²) in [6.07, 6.45) is 0. The summed E-state index contributed by atoms with van der Waals surface area (Å²) >= 11 is 9.15. The minimum Gasteiger partial charge on any atom is -0.507 e. The summed E-state index contributed by atoms with van der Waals surface area (Å²) in [5, 5.41) is 23.5. The maximum Gasteiger partial charge on any atom is 0.288 e. The largest absolute Gasteiger partial charge is 0.507 e. The first-order valence-electron chi connectivity index (χ1n) is 6.04. The third-order valence-electron chi connectivity index (χ3n) is 2.99. The van der Waals surface area contributed by atoms with E-state index in [0.717, 1.165) is 16.8 Å². The molecule has 21 heavy (non-hydrogen) atoms. The van der Waals surface area contributed by atoms with Crippen LogP contribution in [0.5, 0.6) is 5.75 Å². The predicted octanol–water partition coefficient (Wildman–Crippen LogP) is 4.64. The molecule has 0 aliphatic carbocycles. The zero-order chi connectivity index (χ0) is 15.6. The molecule has 0 atom stereocenters. The maximum atomic E-state index is 10.8. The molecule has 0 radical (unpaired) electrons. The second-order valence-electron chi connectivity index (χ2n) is 4.51. The lowest BCUT2D eigenvalue weighted by Gasteiger charge is -2.11. The fourth-order valence-corrected chi connectivity index (χ4v) is 2.51. The molecule has 2 rings (SSSR count). The summed E-state index contributed by atoms with van der Waals surface area (Å²) in [4.78, 5) is 10.3. The molecule has 0 unspecified atom stereocenters. The summed E-state index contributed by atoms with van der Waals surface area (Å²) in [5.41, 5.74) is 2.32. The molecule has 0 fully saturated rings. The van der Waals surface area contributed by atoms with Crippen molar-refractivity contribution in [3.63, 3.8) is 0 Å². The molecule has 0 spiro atoms. The number of hydrogen-bond donors (Lipinski definition) is 2. The van der Waals surface area contributed by atoms with Crippen molar-refractivity contribution in [2.75, 3.05) is 5.32 Å². The summed E-state index contributed by atoms with van der Waals surface area (Å²) in [6.45, 7) is 2.28. The van der Waals surface area contributed by atoms with E-state index in [0.29, 0.717) is 11.0 Å². The number of rotatable bonds is 4. The number of benzene rings is 2. The van der Waals surface area contributed by atoms with Gasteiger partial charge in [-0.05, 0) is 52.2 Å². The van der Waals surface area contributed by atoms with E-state index in [1.807, 2.05) is 0 Å². The number of nitrogens with one attached hydrogen (secondary N) is 1. The molecule has 7 heteroatoms. The zero-order valence-corrected chi connectivity index (χ0v) is 13.4. The van der Waals surface area contributed by atoms with Crippen LogP contribution in [-0.2, 0) is 6.54 Å².